The van der Waals surface area contributed by atoms with Crippen LogP contribution in [-0.2, 0) is 12.8 Å². The SMILES string of the molecule is NC(=O)N(O)C/C=C\Cc1cc(Cc2ccc(F)cc2)cs1. The van der Waals surface area contributed by atoms with Crippen LogP contribution in [-0.4, -0.2) is 22.8 Å². The fraction of sp³-hybridized carbons (Fsp3) is 0.188. The summed E-state index contributed by atoms with van der Waals surface area (Å²) in [4.78, 5) is 11.8. The number of halogens is 1. The maximum atomic E-state index is 12.9. The molecule has 0 spiro atoms. The standard InChI is InChI=1S/C16H17FN2O2S/c17-14-6-4-12(5-7-14)9-13-10-15(22-11-13)3-1-2-8-19(21)16(18)20/h1-2,4-7,10-11,21H,3,8-9H2,(H2,18,20)/b2-1-. The van der Waals surface area contributed by atoms with Crippen molar-refractivity contribution in [3.63, 3.8) is 0 Å². The van der Waals surface area contributed by atoms with Gasteiger partial charge < -0.3 is 5.73 Å². The molecule has 1 heterocycles. The molecule has 0 fully saturated rings. The van der Waals surface area contributed by atoms with Crippen LogP contribution in [0.25, 0.3) is 0 Å². The molecule has 4 nitrogen and oxygen atoms in total. The van der Waals surface area contributed by atoms with Crippen LogP contribution in [0.5, 0.6) is 0 Å². The van der Waals surface area contributed by atoms with E-state index in [-0.39, 0.29) is 12.4 Å². The smallest absolute Gasteiger partial charge is 0.338 e. The summed E-state index contributed by atoms with van der Waals surface area (Å²) in [7, 11) is 0. The molecule has 6 heteroatoms. The van der Waals surface area contributed by atoms with Gasteiger partial charge in [-0.05, 0) is 47.5 Å². The number of hydrogen-bond acceptors (Lipinski definition) is 3. The van der Waals surface area contributed by atoms with E-state index in [9.17, 15) is 9.18 Å². The first-order chi connectivity index (χ1) is 10.5. The van der Waals surface area contributed by atoms with Crippen molar-refractivity contribution in [3.05, 3.63) is 69.7 Å². The zero-order valence-corrected chi connectivity index (χ0v) is 12.7. The molecule has 0 aliphatic rings. The van der Waals surface area contributed by atoms with Crippen molar-refractivity contribution in [2.75, 3.05) is 6.54 Å². The van der Waals surface area contributed by atoms with E-state index in [1.807, 2.05) is 6.08 Å². The molecule has 0 unspecified atom stereocenters. The van der Waals surface area contributed by atoms with Gasteiger partial charge in [0.1, 0.15) is 5.82 Å². The van der Waals surface area contributed by atoms with Crippen LogP contribution in [0, 0.1) is 5.82 Å². The fourth-order valence-corrected chi connectivity index (χ4v) is 2.79. The molecule has 0 saturated carbocycles. The number of benzene rings is 1. The van der Waals surface area contributed by atoms with E-state index in [1.165, 1.54) is 22.6 Å². The molecule has 116 valence electrons. The molecular formula is C16H17FN2O2S. The zero-order valence-electron chi connectivity index (χ0n) is 11.9. The van der Waals surface area contributed by atoms with Gasteiger partial charge in [0.15, 0.2) is 0 Å². The molecule has 0 aliphatic carbocycles. The first-order valence-electron chi connectivity index (χ1n) is 6.76. The molecule has 2 amide bonds. The van der Waals surface area contributed by atoms with Crippen LogP contribution >= 0.6 is 11.3 Å². The topological polar surface area (TPSA) is 66.6 Å². The third-order valence-corrected chi connectivity index (χ3v) is 4.06. The Bertz CT molecular complexity index is 652. The minimum atomic E-state index is -0.873. The van der Waals surface area contributed by atoms with Crippen LogP contribution in [0.1, 0.15) is 16.0 Å². The summed E-state index contributed by atoms with van der Waals surface area (Å²) in [5.74, 6) is -0.228. The highest BCUT2D eigenvalue weighted by molar-refractivity contribution is 7.10. The Labute approximate surface area is 132 Å². The lowest BCUT2D eigenvalue weighted by molar-refractivity contribution is -0.0288. The van der Waals surface area contributed by atoms with Gasteiger partial charge in [-0.3, -0.25) is 5.21 Å². The Morgan fingerprint density at radius 3 is 2.68 bits per heavy atom. The van der Waals surface area contributed by atoms with Gasteiger partial charge in [-0.2, -0.15) is 0 Å². The van der Waals surface area contributed by atoms with Gasteiger partial charge in [0.2, 0.25) is 0 Å². The molecule has 0 saturated heterocycles. The predicted octanol–water partition coefficient (Wildman–Crippen LogP) is 3.35. The maximum Gasteiger partial charge on any atom is 0.338 e. The lowest BCUT2D eigenvalue weighted by atomic mass is 10.1. The van der Waals surface area contributed by atoms with Crippen molar-refractivity contribution in [2.24, 2.45) is 5.73 Å². The van der Waals surface area contributed by atoms with Crippen LogP contribution in [0.2, 0.25) is 0 Å². The maximum absolute atomic E-state index is 12.9. The lowest BCUT2D eigenvalue weighted by Crippen LogP contribution is -2.32. The van der Waals surface area contributed by atoms with Gasteiger partial charge in [0.05, 0.1) is 6.54 Å². The third-order valence-electron chi connectivity index (χ3n) is 3.05. The largest absolute Gasteiger partial charge is 0.350 e. The highest BCUT2D eigenvalue weighted by Gasteiger charge is 2.02. The number of nitrogens with two attached hydrogens (primary N) is 1. The quantitative estimate of drug-likeness (QED) is 0.487. The summed E-state index contributed by atoms with van der Waals surface area (Å²) in [6.07, 6.45) is 5.05. The Morgan fingerprint density at radius 2 is 2.00 bits per heavy atom. The van der Waals surface area contributed by atoms with Crippen molar-refractivity contribution in [1.29, 1.82) is 0 Å². The normalized spacial score (nSPS) is 11.0. The molecule has 1 aromatic carbocycles. The second kappa shape index (κ2) is 7.72. The number of hydroxylamine groups is 2. The van der Waals surface area contributed by atoms with E-state index in [0.29, 0.717) is 5.06 Å². The Balaban J connectivity index is 1.85. The molecule has 0 radical (unpaired) electrons. The summed E-state index contributed by atoms with van der Waals surface area (Å²) in [5, 5.41) is 11.6. The number of urea groups is 1. The molecule has 22 heavy (non-hydrogen) atoms. The van der Waals surface area contributed by atoms with Gasteiger partial charge in [0, 0.05) is 4.88 Å². The Hall–Kier alpha value is -2.18. The number of allylic oxidation sites excluding steroid dienone is 1. The van der Waals surface area contributed by atoms with Crippen LogP contribution in [0.3, 0.4) is 0 Å². The first-order valence-corrected chi connectivity index (χ1v) is 7.64. The summed E-state index contributed by atoms with van der Waals surface area (Å²) >= 11 is 1.64. The molecule has 2 rings (SSSR count). The molecule has 0 aliphatic heterocycles. The van der Waals surface area contributed by atoms with E-state index in [4.69, 9.17) is 10.9 Å². The minimum absolute atomic E-state index is 0.0726. The fourth-order valence-electron chi connectivity index (χ4n) is 1.93. The number of carbonyl (C=O) groups excluding carboxylic acids is 1. The number of carbonyl (C=O) groups is 1. The number of primary amides is 1. The second-order valence-electron chi connectivity index (χ2n) is 4.82. The van der Waals surface area contributed by atoms with E-state index < -0.39 is 6.03 Å². The monoisotopic (exact) mass is 320 g/mol. The first kappa shape index (κ1) is 16.2. The molecule has 0 bridgehead atoms. The van der Waals surface area contributed by atoms with Crippen LogP contribution in [0.15, 0.2) is 47.9 Å². The molecular weight excluding hydrogens is 303 g/mol. The van der Waals surface area contributed by atoms with Crippen molar-refractivity contribution >= 4 is 17.4 Å². The number of hydrogen-bond donors (Lipinski definition) is 2. The summed E-state index contributed by atoms with van der Waals surface area (Å²) < 4.78 is 12.9. The van der Waals surface area contributed by atoms with Gasteiger partial charge >= 0.3 is 6.03 Å². The zero-order chi connectivity index (χ0) is 15.9. The van der Waals surface area contributed by atoms with Crippen molar-refractivity contribution < 1.29 is 14.4 Å². The third kappa shape index (κ3) is 4.98. The van der Waals surface area contributed by atoms with Crippen molar-refractivity contribution in [2.45, 2.75) is 12.8 Å². The molecule has 3 N–H and O–H groups in total. The number of amides is 2. The van der Waals surface area contributed by atoms with E-state index in [0.717, 1.165) is 18.4 Å². The van der Waals surface area contributed by atoms with E-state index in [1.54, 1.807) is 29.5 Å². The molecule has 0 atom stereocenters. The van der Waals surface area contributed by atoms with Crippen LogP contribution in [0.4, 0.5) is 9.18 Å². The highest BCUT2D eigenvalue weighted by Crippen LogP contribution is 2.19. The summed E-state index contributed by atoms with van der Waals surface area (Å²) in [5.41, 5.74) is 7.15. The number of thiophene rings is 1. The minimum Gasteiger partial charge on any atom is -0.350 e. The van der Waals surface area contributed by atoms with Gasteiger partial charge in [-0.25, -0.2) is 14.2 Å². The van der Waals surface area contributed by atoms with E-state index in [2.05, 4.69) is 11.4 Å². The van der Waals surface area contributed by atoms with Crippen molar-refractivity contribution in [1.82, 2.24) is 5.06 Å². The average molecular weight is 320 g/mol. The van der Waals surface area contributed by atoms with Gasteiger partial charge in [0.25, 0.3) is 0 Å². The Kier molecular flexibility index (Phi) is 5.68. The molecule has 1 aromatic heterocycles. The van der Waals surface area contributed by atoms with Gasteiger partial charge in [-0.1, -0.05) is 24.3 Å². The summed E-state index contributed by atoms with van der Waals surface area (Å²) in [6.45, 7) is 0.0726. The van der Waals surface area contributed by atoms with Crippen LogP contribution < -0.4 is 5.73 Å². The van der Waals surface area contributed by atoms with E-state index >= 15 is 0 Å². The second-order valence-corrected chi connectivity index (χ2v) is 5.82. The lowest BCUT2D eigenvalue weighted by Gasteiger charge is -2.07. The number of rotatable bonds is 6. The highest BCUT2D eigenvalue weighted by atomic mass is 32.1. The average Bonchev–Trinajstić information content (AvgIpc) is 2.93. The molecule has 2 aromatic rings. The predicted molar refractivity (Wildman–Crippen MR) is 84.4 cm³/mol. The number of nitrogens with zero attached hydrogens (tertiary/aromatic N) is 1. The summed E-state index contributed by atoms with van der Waals surface area (Å²) in [6, 6.07) is 7.72. The van der Waals surface area contributed by atoms with Crippen molar-refractivity contribution in [3.8, 4) is 0 Å². The van der Waals surface area contributed by atoms with Gasteiger partial charge in [-0.15, -0.1) is 11.3 Å². The Morgan fingerprint density at radius 1 is 1.27 bits per heavy atom.